The Bertz CT molecular complexity index is 1650. The molecule has 0 bridgehead atoms. The molecular formula is C32H29N3O8. The first-order chi connectivity index (χ1) is 20.8. The van der Waals surface area contributed by atoms with Crippen LogP contribution in [0.2, 0.25) is 0 Å². The van der Waals surface area contributed by atoms with Crippen molar-refractivity contribution in [2.45, 2.75) is 25.4 Å². The molecule has 0 aliphatic carbocycles. The summed E-state index contributed by atoms with van der Waals surface area (Å²) >= 11 is 0. The van der Waals surface area contributed by atoms with Gasteiger partial charge in [0.25, 0.3) is 0 Å². The Morgan fingerprint density at radius 1 is 0.814 bits per heavy atom. The van der Waals surface area contributed by atoms with E-state index in [2.05, 4.69) is 4.98 Å². The fraction of sp³-hybridized carbons (Fsp3) is 0.219. The zero-order valence-corrected chi connectivity index (χ0v) is 23.2. The van der Waals surface area contributed by atoms with E-state index in [-0.39, 0.29) is 24.6 Å². The molecule has 5 rings (SSSR count). The van der Waals surface area contributed by atoms with Gasteiger partial charge in [0.1, 0.15) is 25.1 Å². The van der Waals surface area contributed by atoms with E-state index in [1.165, 1.54) is 12.3 Å². The number of nitrogens with two attached hydrogens (primary N) is 1. The number of benzene rings is 3. The molecule has 1 aliphatic heterocycles. The van der Waals surface area contributed by atoms with Crippen LogP contribution >= 0.6 is 0 Å². The van der Waals surface area contributed by atoms with Crippen molar-refractivity contribution in [2.75, 3.05) is 18.9 Å². The van der Waals surface area contributed by atoms with Crippen molar-refractivity contribution in [3.05, 3.63) is 130 Å². The summed E-state index contributed by atoms with van der Waals surface area (Å²) in [6.07, 6.45) is -2.05. The third kappa shape index (κ3) is 6.47. The summed E-state index contributed by atoms with van der Waals surface area (Å²) in [6, 6.07) is 26.4. The van der Waals surface area contributed by atoms with Crippen molar-refractivity contribution < 1.29 is 33.3 Å². The van der Waals surface area contributed by atoms with E-state index in [0.29, 0.717) is 11.1 Å². The Hall–Kier alpha value is -5.29. The van der Waals surface area contributed by atoms with Crippen LogP contribution in [-0.4, -0.2) is 52.9 Å². The predicted molar refractivity (Wildman–Crippen MR) is 154 cm³/mol. The summed E-state index contributed by atoms with van der Waals surface area (Å²) in [5.41, 5.74) is 4.53. The van der Waals surface area contributed by atoms with E-state index in [4.69, 9.17) is 24.7 Å². The highest BCUT2D eigenvalue weighted by molar-refractivity contribution is 5.90. The average molecular weight is 584 g/mol. The van der Waals surface area contributed by atoms with Gasteiger partial charge in [-0.05, 0) is 49.4 Å². The second kappa shape index (κ2) is 12.7. The highest BCUT2D eigenvalue weighted by atomic mass is 16.6. The van der Waals surface area contributed by atoms with Crippen LogP contribution in [0.3, 0.4) is 0 Å². The topological polar surface area (TPSA) is 149 Å². The summed E-state index contributed by atoms with van der Waals surface area (Å²) in [5, 5.41) is 0. The number of ether oxygens (including phenoxy) is 4. The van der Waals surface area contributed by atoms with Gasteiger partial charge >= 0.3 is 23.6 Å². The first-order valence-electron chi connectivity index (χ1n) is 13.5. The lowest BCUT2D eigenvalue weighted by Gasteiger charge is -2.34. The van der Waals surface area contributed by atoms with E-state index >= 15 is 0 Å². The van der Waals surface area contributed by atoms with Crippen molar-refractivity contribution in [3.63, 3.8) is 0 Å². The molecule has 4 aromatic rings. The second-order valence-corrected chi connectivity index (χ2v) is 10.2. The summed E-state index contributed by atoms with van der Waals surface area (Å²) < 4.78 is 24.8. The van der Waals surface area contributed by atoms with E-state index in [9.17, 15) is 19.2 Å². The van der Waals surface area contributed by atoms with Crippen molar-refractivity contribution in [1.29, 1.82) is 0 Å². The lowest BCUT2D eigenvalue weighted by atomic mass is 9.81. The fourth-order valence-corrected chi connectivity index (χ4v) is 4.78. The molecule has 11 heteroatoms. The first kappa shape index (κ1) is 29.2. The van der Waals surface area contributed by atoms with Crippen molar-refractivity contribution in [2.24, 2.45) is 5.41 Å². The van der Waals surface area contributed by atoms with E-state index < -0.39 is 47.4 Å². The number of esters is 3. The Morgan fingerprint density at radius 3 is 1.86 bits per heavy atom. The van der Waals surface area contributed by atoms with Crippen LogP contribution in [0.4, 0.5) is 5.82 Å². The molecule has 2 heterocycles. The molecule has 11 nitrogen and oxygen atoms in total. The number of hydrogen-bond acceptors (Lipinski definition) is 10. The minimum absolute atomic E-state index is 0.00929. The monoisotopic (exact) mass is 583 g/mol. The average Bonchev–Trinajstić information content (AvgIpc) is 3.30. The molecule has 3 aromatic carbocycles. The van der Waals surface area contributed by atoms with Crippen molar-refractivity contribution in [3.8, 4) is 0 Å². The van der Waals surface area contributed by atoms with Crippen LogP contribution in [0.15, 0.2) is 108 Å². The van der Waals surface area contributed by atoms with Gasteiger partial charge in [0.05, 0.1) is 22.1 Å². The smallest absolute Gasteiger partial charge is 0.351 e. The Morgan fingerprint density at radius 2 is 1.33 bits per heavy atom. The zero-order chi connectivity index (χ0) is 30.4. The largest absolute Gasteiger partial charge is 0.461 e. The van der Waals surface area contributed by atoms with Gasteiger partial charge in [-0.1, -0.05) is 54.6 Å². The molecule has 4 atom stereocenters. The van der Waals surface area contributed by atoms with Gasteiger partial charge in [0.15, 0.2) is 12.3 Å². The fourth-order valence-electron chi connectivity index (χ4n) is 4.78. The molecule has 220 valence electrons. The standard InChI is InChI=1S/C32H29N3O8/c1-32(20-41-29(37)22-13-7-3-8-14-22)24(19-40-28(36)21-11-5-2-6-12-21)42-27(35-18-17-25(33)34-31(35)39)26(32)43-30(38)23-15-9-4-10-16-23/h2-18,24,26-27H,19-20H2,1H3,(H2,33,34,39). The van der Waals surface area contributed by atoms with Gasteiger partial charge in [0, 0.05) is 6.20 Å². The SMILES string of the molecule is CC1(COC(=O)c2ccccc2)C(COC(=O)c2ccccc2)OC(n2ccc(N)nc2=O)C1OC(=O)c1ccccc1. The zero-order valence-electron chi connectivity index (χ0n) is 23.2. The second-order valence-electron chi connectivity index (χ2n) is 10.2. The van der Waals surface area contributed by atoms with Crippen molar-refractivity contribution in [1.82, 2.24) is 9.55 Å². The van der Waals surface area contributed by atoms with Gasteiger partial charge in [-0.15, -0.1) is 0 Å². The summed E-state index contributed by atoms with van der Waals surface area (Å²) in [4.78, 5) is 55.8. The first-order valence-corrected chi connectivity index (χ1v) is 13.5. The lowest BCUT2D eigenvalue weighted by Crippen LogP contribution is -2.47. The van der Waals surface area contributed by atoms with Crippen LogP contribution in [0.5, 0.6) is 0 Å². The Kier molecular flexibility index (Phi) is 8.63. The molecule has 0 amide bonds. The number of anilines is 1. The number of aromatic nitrogens is 2. The molecule has 0 radical (unpaired) electrons. The van der Waals surface area contributed by atoms with E-state index in [1.54, 1.807) is 97.9 Å². The number of nitrogen functional groups attached to an aromatic ring is 1. The minimum Gasteiger partial charge on any atom is -0.461 e. The molecule has 1 aromatic heterocycles. The van der Waals surface area contributed by atoms with E-state index in [0.717, 1.165) is 4.57 Å². The van der Waals surface area contributed by atoms with Crippen LogP contribution in [0.25, 0.3) is 0 Å². The van der Waals surface area contributed by atoms with Crippen LogP contribution in [0, 0.1) is 5.41 Å². The molecular weight excluding hydrogens is 554 g/mol. The third-order valence-corrected chi connectivity index (χ3v) is 7.22. The van der Waals surface area contributed by atoms with E-state index in [1.807, 2.05) is 0 Å². The summed E-state index contributed by atoms with van der Waals surface area (Å²) in [7, 11) is 0. The molecule has 4 unspecified atom stereocenters. The van der Waals surface area contributed by atoms with Gasteiger partial charge in [-0.2, -0.15) is 4.98 Å². The minimum atomic E-state index is -1.31. The van der Waals surface area contributed by atoms with Gasteiger partial charge < -0.3 is 24.7 Å². The number of rotatable bonds is 9. The van der Waals surface area contributed by atoms with Gasteiger partial charge in [-0.25, -0.2) is 19.2 Å². The predicted octanol–water partition coefficient (Wildman–Crippen LogP) is 3.67. The molecule has 1 saturated heterocycles. The third-order valence-electron chi connectivity index (χ3n) is 7.22. The highest BCUT2D eigenvalue weighted by Gasteiger charge is 2.58. The van der Waals surface area contributed by atoms with Crippen LogP contribution in [-0.2, 0) is 18.9 Å². The van der Waals surface area contributed by atoms with Gasteiger partial charge in [-0.3, -0.25) is 4.57 Å². The molecule has 43 heavy (non-hydrogen) atoms. The maximum Gasteiger partial charge on any atom is 0.351 e. The summed E-state index contributed by atoms with van der Waals surface area (Å²) in [6.45, 7) is 1.06. The number of hydrogen-bond donors (Lipinski definition) is 1. The number of nitrogens with zero attached hydrogens (tertiary/aromatic N) is 2. The molecule has 2 N–H and O–H groups in total. The Balaban J connectivity index is 1.50. The summed E-state index contributed by atoms with van der Waals surface area (Å²) in [5.74, 6) is -1.94. The Labute approximate surface area is 246 Å². The number of carbonyl (C=O) groups is 3. The number of carbonyl (C=O) groups excluding carboxylic acids is 3. The molecule has 0 spiro atoms. The molecule has 0 saturated carbocycles. The van der Waals surface area contributed by atoms with Crippen LogP contribution < -0.4 is 11.4 Å². The normalized spacial score (nSPS) is 21.1. The van der Waals surface area contributed by atoms with Crippen LogP contribution in [0.1, 0.15) is 44.2 Å². The molecule has 1 fully saturated rings. The lowest BCUT2D eigenvalue weighted by molar-refractivity contribution is -0.0651. The highest BCUT2D eigenvalue weighted by Crippen LogP contribution is 2.46. The quantitative estimate of drug-likeness (QED) is 0.228. The maximum atomic E-state index is 13.3. The maximum absolute atomic E-state index is 13.3. The van der Waals surface area contributed by atoms with Crippen molar-refractivity contribution >= 4 is 23.7 Å². The molecule has 1 aliphatic rings. The van der Waals surface area contributed by atoms with Gasteiger partial charge in [0.2, 0.25) is 0 Å².